The molecular weight excluding hydrogens is 593 g/mol. The van der Waals surface area contributed by atoms with Crippen LogP contribution in [0.3, 0.4) is 0 Å². The van der Waals surface area contributed by atoms with E-state index in [0.29, 0.717) is 12.4 Å². The smallest absolute Gasteiger partial charge is 0.154 e. The fraction of sp³-hybridized carbons (Fsp3) is 0.0638. The van der Waals surface area contributed by atoms with E-state index < -0.39 is 0 Å². The number of fused-ring (bicyclic) bond motifs is 12. The van der Waals surface area contributed by atoms with E-state index >= 15 is 0 Å². The predicted octanol–water partition coefficient (Wildman–Crippen LogP) is 11.6. The van der Waals surface area contributed by atoms with Gasteiger partial charge in [0.05, 0.1) is 6.54 Å². The molecule has 0 aliphatic heterocycles. The van der Waals surface area contributed by atoms with Gasteiger partial charge in [-0.1, -0.05) is 127 Å². The zero-order valence-electron chi connectivity index (χ0n) is 27.1. The highest BCUT2D eigenvalue weighted by Gasteiger charge is 2.22. The Morgan fingerprint density at radius 2 is 1.10 bits per heavy atom. The lowest BCUT2D eigenvalue weighted by Crippen LogP contribution is -2.00. The van der Waals surface area contributed by atoms with Crippen LogP contribution in [-0.4, -0.2) is 12.6 Å². The first-order valence-electron chi connectivity index (χ1n) is 17.0. The van der Waals surface area contributed by atoms with Gasteiger partial charge in [-0.25, -0.2) is 4.99 Å². The van der Waals surface area contributed by atoms with E-state index in [-0.39, 0.29) is 0 Å². The van der Waals surface area contributed by atoms with Gasteiger partial charge in [-0.3, -0.25) is 4.99 Å². The van der Waals surface area contributed by atoms with Crippen LogP contribution in [0.25, 0.3) is 65.7 Å². The highest BCUT2D eigenvalue weighted by Crippen LogP contribution is 2.42. The molecule has 0 saturated heterocycles. The van der Waals surface area contributed by atoms with Gasteiger partial charge in [-0.2, -0.15) is 0 Å². The molecule has 8 aromatic rings. The van der Waals surface area contributed by atoms with E-state index in [0.717, 1.165) is 18.4 Å². The Balaban J connectivity index is 0.981. The lowest BCUT2D eigenvalue weighted by Gasteiger charge is -2.12. The van der Waals surface area contributed by atoms with Crippen molar-refractivity contribution in [1.29, 1.82) is 0 Å². The van der Waals surface area contributed by atoms with Crippen molar-refractivity contribution in [3.8, 4) is 33.4 Å². The molecule has 0 fully saturated rings. The summed E-state index contributed by atoms with van der Waals surface area (Å²) in [4.78, 5) is 9.40. The second-order valence-electron chi connectivity index (χ2n) is 13.3. The van der Waals surface area contributed by atoms with Crippen molar-refractivity contribution in [2.24, 2.45) is 9.98 Å². The SMILES string of the molecule is C=N/C(=N\Cc1cccc2c1Cc1ccccc1-2)c1ccc2c(c1)Cc1ccc(-c3ccc4c5ccccc5c5ccccc5c4c3)cc1-2. The second-order valence-corrected chi connectivity index (χ2v) is 13.3. The molecule has 0 spiro atoms. The fourth-order valence-electron chi connectivity index (χ4n) is 8.36. The molecule has 0 saturated carbocycles. The number of rotatable bonds is 4. The van der Waals surface area contributed by atoms with E-state index in [2.05, 4.69) is 157 Å². The van der Waals surface area contributed by atoms with Crippen molar-refractivity contribution >= 4 is 44.9 Å². The first kappa shape index (κ1) is 27.9. The number of hydrogen-bond donors (Lipinski definition) is 0. The largest absolute Gasteiger partial charge is 0.261 e. The summed E-state index contributed by atoms with van der Waals surface area (Å²) < 4.78 is 0. The Kier molecular flexibility index (Phi) is 6.25. The van der Waals surface area contributed by atoms with Gasteiger partial charge in [0.2, 0.25) is 0 Å². The number of hydrogen-bond acceptors (Lipinski definition) is 1. The third kappa shape index (κ3) is 4.41. The van der Waals surface area contributed by atoms with Gasteiger partial charge in [0.25, 0.3) is 0 Å². The average Bonchev–Trinajstić information content (AvgIpc) is 3.73. The minimum absolute atomic E-state index is 0.586. The summed E-state index contributed by atoms with van der Waals surface area (Å²) in [6, 6.07) is 53.4. The molecule has 0 bridgehead atoms. The van der Waals surface area contributed by atoms with Crippen LogP contribution in [0.5, 0.6) is 0 Å². The monoisotopic (exact) mass is 624 g/mol. The molecule has 2 nitrogen and oxygen atoms in total. The molecule has 0 heterocycles. The molecule has 2 aliphatic carbocycles. The Bertz CT molecular complexity index is 2680. The van der Waals surface area contributed by atoms with Gasteiger partial charge < -0.3 is 0 Å². The van der Waals surface area contributed by atoms with Gasteiger partial charge in [0.1, 0.15) is 0 Å². The van der Waals surface area contributed by atoms with E-state index in [4.69, 9.17) is 4.99 Å². The Hall–Kier alpha value is -6.12. The molecule has 0 amide bonds. The van der Waals surface area contributed by atoms with Crippen LogP contribution in [0.15, 0.2) is 156 Å². The molecule has 0 atom stereocenters. The molecule has 0 radical (unpaired) electrons. The van der Waals surface area contributed by atoms with Crippen molar-refractivity contribution in [1.82, 2.24) is 0 Å². The number of benzene rings is 8. The minimum atomic E-state index is 0.586. The van der Waals surface area contributed by atoms with Crippen LogP contribution in [0, 0.1) is 0 Å². The van der Waals surface area contributed by atoms with Gasteiger partial charge in [0, 0.05) is 5.56 Å². The molecule has 2 aliphatic rings. The summed E-state index contributed by atoms with van der Waals surface area (Å²) in [5.41, 5.74) is 15.5. The van der Waals surface area contributed by atoms with E-state index in [1.54, 1.807) is 0 Å². The fourth-order valence-corrected chi connectivity index (χ4v) is 8.36. The van der Waals surface area contributed by atoms with Crippen LogP contribution in [0.1, 0.15) is 33.4 Å². The zero-order chi connectivity index (χ0) is 32.5. The number of nitrogens with zero attached hydrogens (tertiary/aromatic N) is 2. The van der Waals surface area contributed by atoms with Crippen molar-refractivity contribution in [3.63, 3.8) is 0 Å². The lowest BCUT2D eigenvalue weighted by molar-refractivity contribution is 1.03. The standard InChI is InChI=1S/C47H32N2/c1-48-47(49-28-34-10-8-16-38-36-11-3-2-9-31(36)27-45(34)38)33-20-21-37-35(24-33)23-32-18-17-29(25-44(32)37)30-19-22-43-41-14-5-4-12-39(41)40-13-6-7-15-42(40)46(43)26-30/h2-22,24-26H,1,23,27-28H2/b49-47-. The second kappa shape index (κ2) is 11.0. The molecular formula is C47H32N2. The Morgan fingerprint density at radius 1 is 0.469 bits per heavy atom. The van der Waals surface area contributed by atoms with Crippen LogP contribution in [0.2, 0.25) is 0 Å². The summed E-state index contributed by atoms with van der Waals surface area (Å²) in [6.45, 7) is 4.50. The van der Waals surface area contributed by atoms with E-state index in [1.165, 1.54) is 93.5 Å². The van der Waals surface area contributed by atoms with Crippen molar-refractivity contribution in [3.05, 3.63) is 179 Å². The van der Waals surface area contributed by atoms with Crippen LogP contribution >= 0.6 is 0 Å². The topological polar surface area (TPSA) is 24.7 Å². The lowest BCUT2D eigenvalue weighted by atomic mass is 9.91. The molecule has 49 heavy (non-hydrogen) atoms. The average molecular weight is 625 g/mol. The first-order valence-corrected chi connectivity index (χ1v) is 17.0. The molecule has 0 unspecified atom stereocenters. The summed E-state index contributed by atoms with van der Waals surface area (Å²) in [5.74, 6) is 0.698. The minimum Gasteiger partial charge on any atom is -0.261 e. The number of aliphatic imine (C=N–C) groups is 2. The predicted molar refractivity (Wildman–Crippen MR) is 207 cm³/mol. The van der Waals surface area contributed by atoms with E-state index in [9.17, 15) is 0 Å². The maximum atomic E-state index is 5.00. The Labute approximate surface area is 285 Å². The molecule has 230 valence electrons. The maximum Gasteiger partial charge on any atom is 0.154 e. The van der Waals surface area contributed by atoms with Crippen LogP contribution in [-0.2, 0) is 19.4 Å². The highest BCUT2D eigenvalue weighted by atomic mass is 14.9. The summed E-state index contributed by atoms with van der Waals surface area (Å²) in [7, 11) is 0. The van der Waals surface area contributed by atoms with Crippen LogP contribution in [0.4, 0.5) is 0 Å². The summed E-state index contributed by atoms with van der Waals surface area (Å²) in [6.07, 6.45) is 1.86. The molecule has 10 rings (SSSR count). The van der Waals surface area contributed by atoms with E-state index in [1.807, 2.05) is 0 Å². The zero-order valence-corrected chi connectivity index (χ0v) is 27.1. The van der Waals surface area contributed by atoms with Crippen molar-refractivity contribution in [2.45, 2.75) is 19.4 Å². The highest BCUT2D eigenvalue weighted by molar-refractivity contribution is 6.25. The molecule has 0 N–H and O–H groups in total. The van der Waals surface area contributed by atoms with Gasteiger partial charge in [-0.05, 0) is 131 Å². The molecule has 8 aromatic carbocycles. The third-order valence-electron chi connectivity index (χ3n) is 10.7. The Morgan fingerprint density at radius 3 is 1.90 bits per heavy atom. The maximum absolute atomic E-state index is 5.00. The van der Waals surface area contributed by atoms with Crippen molar-refractivity contribution < 1.29 is 0 Å². The quantitative estimate of drug-likeness (QED) is 0.106. The van der Waals surface area contributed by atoms with Crippen molar-refractivity contribution in [2.75, 3.05) is 0 Å². The van der Waals surface area contributed by atoms with Gasteiger partial charge in [-0.15, -0.1) is 0 Å². The first-order chi connectivity index (χ1) is 24.2. The van der Waals surface area contributed by atoms with Gasteiger partial charge >= 0.3 is 0 Å². The van der Waals surface area contributed by atoms with Gasteiger partial charge in [0.15, 0.2) is 5.84 Å². The summed E-state index contributed by atoms with van der Waals surface area (Å²) in [5, 5.41) is 7.81. The normalized spacial score (nSPS) is 13.0. The molecule has 0 aromatic heterocycles. The summed E-state index contributed by atoms with van der Waals surface area (Å²) >= 11 is 0. The number of amidine groups is 1. The molecule has 2 heteroatoms. The van der Waals surface area contributed by atoms with Crippen LogP contribution < -0.4 is 0 Å². The third-order valence-corrected chi connectivity index (χ3v) is 10.7.